The minimum Gasteiger partial charge on any atom is -0.490 e. The van der Waals surface area contributed by atoms with E-state index in [-0.39, 0.29) is 11.0 Å². The first-order valence-electron chi connectivity index (χ1n) is 5.93. The summed E-state index contributed by atoms with van der Waals surface area (Å²) >= 11 is 0. The van der Waals surface area contributed by atoms with Crippen molar-refractivity contribution >= 4 is 10.0 Å². The first-order chi connectivity index (χ1) is 8.62. The van der Waals surface area contributed by atoms with Crippen molar-refractivity contribution in [2.45, 2.75) is 36.7 Å². The molecule has 0 radical (unpaired) electrons. The summed E-state index contributed by atoms with van der Waals surface area (Å²) in [6.07, 6.45) is 4.82. The molecule has 1 aliphatic carbocycles. The second kappa shape index (κ2) is 5.69. The van der Waals surface area contributed by atoms with Gasteiger partial charge in [-0.05, 0) is 49.9 Å². The molecule has 0 heterocycles. The van der Waals surface area contributed by atoms with Crippen molar-refractivity contribution < 1.29 is 18.0 Å². The highest BCUT2D eigenvalue weighted by Crippen LogP contribution is 2.24. The molecule has 1 aliphatic rings. The highest BCUT2D eigenvalue weighted by atomic mass is 32.2. The Morgan fingerprint density at radius 3 is 2.33 bits per heavy atom. The summed E-state index contributed by atoms with van der Waals surface area (Å²) < 4.78 is 29.0. The number of hydrogen-bond acceptors (Lipinski definition) is 4. The van der Waals surface area contributed by atoms with Gasteiger partial charge >= 0.3 is 0 Å². The van der Waals surface area contributed by atoms with Crippen LogP contribution in [0.3, 0.4) is 0 Å². The Morgan fingerprint density at radius 1 is 1.17 bits per heavy atom. The van der Waals surface area contributed by atoms with E-state index in [2.05, 4.69) is 4.84 Å². The Kier molecular flexibility index (Phi) is 4.21. The van der Waals surface area contributed by atoms with Crippen LogP contribution in [0, 0.1) is 0 Å². The van der Waals surface area contributed by atoms with E-state index in [1.165, 1.54) is 32.1 Å². The molecule has 5 nitrogen and oxygen atoms in total. The Balaban J connectivity index is 2.05. The summed E-state index contributed by atoms with van der Waals surface area (Å²) in [5.41, 5.74) is 0. The van der Waals surface area contributed by atoms with Gasteiger partial charge in [0.2, 0.25) is 0 Å². The molecule has 0 unspecified atom stereocenters. The molecule has 1 aromatic carbocycles. The third-order valence-corrected chi connectivity index (χ3v) is 4.21. The summed E-state index contributed by atoms with van der Waals surface area (Å²) in [5, 5.41) is 0. The lowest BCUT2D eigenvalue weighted by molar-refractivity contribution is 0.153. The Bertz CT molecular complexity index is 477. The highest BCUT2D eigenvalue weighted by Gasteiger charge is 2.17. The predicted octanol–water partition coefficient (Wildman–Crippen LogP) is 1.85. The van der Waals surface area contributed by atoms with Crippen LogP contribution in [0.2, 0.25) is 0 Å². The first-order valence-corrected chi connectivity index (χ1v) is 7.41. The van der Waals surface area contributed by atoms with E-state index < -0.39 is 10.0 Å². The van der Waals surface area contributed by atoms with Gasteiger partial charge in [-0.15, -0.1) is 0 Å². The van der Waals surface area contributed by atoms with Crippen LogP contribution in [0.1, 0.15) is 25.7 Å². The molecule has 0 saturated heterocycles. The van der Waals surface area contributed by atoms with E-state index in [1.54, 1.807) is 12.1 Å². The zero-order valence-corrected chi connectivity index (χ0v) is 11.1. The minimum absolute atomic E-state index is 0.156. The Hall–Kier alpha value is -1.11. The van der Waals surface area contributed by atoms with Crippen LogP contribution in [-0.4, -0.2) is 21.6 Å². The second-order valence-electron chi connectivity index (χ2n) is 4.29. The number of ether oxygens (including phenoxy) is 1. The summed E-state index contributed by atoms with van der Waals surface area (Å²) in [6.45, 7) is 0. The fourth-order valence-electron chi connectivity index (χ4n) is 2.05. The van der Waals surface area contributed by atoms with Crippen LogP contribution < -0.4 is 9.62 Å². The van der Waals surface area contributed by atoms with Crippen LogP contribution in [-0.2, 0) is 14.9 Å². The van der Waals surface area contributed by atoms with E-state index in [0.29, 0.717) is 5.75 Å². The van der Waals surface area contributed by atoms with E-state index >= 15 is 0 Å². The molecule has 0 amide bonds. The molecule has 2 rings (SSSR count). The Labute approximate surface area is 107 Å². The lowest BCUT2D eigenvalue weighted by atomic mass is 10.3. The zero-order chi connectivity index (χ0) is 13.0. The van der Waals surface area contributed by atoms with Crippen LogP contribution in [0.25, 0.3) is 0 Å². The molecule has 1 fully saturated rings. The summed E-state index contributed by atoms with van der Waals surface area (Å²) in [6, 6.07) is 6.35. The molecule has 0 spiro atoms. The van der Waals surface area contributed by atoms with Gasteiger partial charge in [0.1, 0.15) is 5.75 Å². The maximum absolute atomic E-state index is 11.6. The van der Waals surface area contributed by atoms with Gasteiger partial charge in [-0.25, -0.2) is 8.42 Å². The fourth-order valence-corrected chi connectivity index (χ4v) is 2.86. The number of nitrogens with one attached hydrogen (secondary N) is 1. The standard InChI is InChI=1S/C12H17NO4S/c1-16-13-18(14,15)12-8-6-11(7-9-12)17-10-4-2-3-5-10/h6-10,13H,2-5H2,1H3. The summed E-state index contributed by atoms with van der Waals surface area (Å²) in [5.74, 6) is 0.707. The highest BCUT2D eigenvalue weighted by molar-refractivity contribution is 7.89. The summed E-state index contributed by atoms with van der Waals surface area (Å²) in [7, 11) is -2.32. The predicted molar refractivity (Wildman–Crippen MR) is 66.7 cm³/mol. The maximum atomic E-state index is 11.6. The molecule has 0 bridgehead atoms. The summed E-state index contributed by atoms with van der Waals surface area (Å²) in [4.78, 5) is 6.55. The molecule has 0 atom stereocenters. The normalized spacial score (nSPS) is 16.9. The topological polar surface area (TPSA) is 64.6 Å². The molecule has 1 N–H and O–H groups in total. The first kappa shape index (κ1) is 13.3. The molecule has 6 heteroatoms. The molecular weight excluding hydrogens is 254 g/mol. The van der Waals surface area contributed by atoms with Gasteiger partial charge in [-0.1, -0.05) is 4.89 Å². The van der Waals surface area contributed by atoms with Crippen molar-refractivity contribution in [1.29, 1.82) is 0 Å². The van der Waals surface area contributed by atoms with Gasteiger partial charge < -0.3 is 4.74 Å². The second-order valence-corrected chi connectivity index (χ2v) is 5.93. The smallest absolute Gasteiger partial charge is 0.262 e. The van der Waals surface area contributed by atoms with Crippen molar-refractivity contribution in [1.82, 2.24) is 4.89 Å². The maximum Gasteiger partial charge on any atom is 0.262 e. The molecule has 1 aromatic rings. The van der Waals surface area contributed by atoms with Gasteiger partial charge in [0.15, 0.2) is 0 Å². The number of rotatable bonds is 5. The molecule has 100 valence electrons. The Morgan fingerprint density at radius 2 is 1.78 bits per heavy atom. The molecular formula is C12H17NO4S. The van der Waals surface area contributed by atoms with Crippen molar-refractivity contribution in [3.8, 4) is 5.75 Å². The lowest BCUT2D eigenvalue weighted by Crippen LogP contribution is -2.22. The monoisotopic (exact) mass is 271 g/mol. The van der Waals surface area contributed by atoms with E-state index in [0.717, 1.165) is 12.8 Å². The van der Waals surface area contributed by atoms with Crippen LogP contribution in [0.4, 0.5) is 0 Å². The number of hydrogen-bond donors (Lipinski definition) is 1. The van der Waals surface area contributed by atoms with Crippen molar-refractivity contribution in [2.75, 3.05) is 7.11 Å². The minimum atomic E-state index is -3.58. The van der Waals surface area contributed by atoms with Gasteiger partial charge in [0, 0.05) is 0 Å². The molecule has 1 saturated carbocycles. The SMILES string of the molecule is CONS(=O)(=O)c1ccc(OC2CCCC2)cc1. The third kappa shape index (κ3) is 3.22. The van der Waals surface area contributed by atoms with E-state index in [9.17, 15) is 8.42 Å². The number of sulfonamides is 1. The largest absolute Gasteiger partial charge is 0.490 e. The van der Waals surface area contributed by atoms with Crippen molar-refractivity contribution in [3.05, 3.63) is 24.3 Å². The molecule has 0 aromatic heterocycles. The third-order valence-electron chi connectivity index (χ3n) is 2.93. The van der Waals surface area contributed by atoms with Gasteiger partial charge in [0.05, 0.1) is 18.1 Å². The van der Waals surface area contributed by atoms with Gasteiger partial charge in [-0.2, -0.15) is 0 Å². The van der Waals surface area contributed by atoms with E-state index in [4.69, 9.17) is 4.74 Å². The van der Waals surface area contributed by atoms with Crippen molar-refractivity contribution in [2.24, 2.45) is 0 Å². The zero-order valence-electron chi connectivity index (χ0n) is 10.3. The number of benzene rings is 1. The quantitative estimate of drug-likeness (QED) is 0.830. The van der Waals surface area contributed by atoms with Gasteiger partial charge in [-0.3, -0.25) is 4.84 Å². The lowest BCUT2D eigenvalue weighted by Gasteiger charge is -2.13. The van der Waals surface area contributed by atoms with Crippen LogP contribution >= 0.6 is 0 Å². The fraction of sp³-hybridized carbons (Fsp3) is 0.500. The molecule has 0 aliphatic heterocycles. The van der Waals surface area contributed by atoms with Gasteiger partial charge in [0.25, 0.3) is 10.0 Å². The average Bonchev–Trinajstić information content (AvgIpc) is 2.82. The van der Waals surface area contributed by atoms with Crippen molar-refractivity contribution in [3.63, 3.8) is 0 Å². The van der Waals surface area contributed by atoms with Crippen LogP contribution in [0.15, 0.2) is 29.2 Å². The van der Waals surface area contributed by atoms with Crippen LogP contribution in [0.5, 0.6) is 5.75 Å². The average molecular weight is 271 g/mol. The van der Waals surface area contributed by atoms with E-state index in [1.807, 2.05) is 4.89 Å². The molecule has 18 heavy (non-hydrogen) atoms.